The molecule has 254 valence electrons. The molecule has 0 radical (unpaired) electrons. The summed E-state index contributed by atoms with van der Waals surface area (Å²) in [5, 5.41) is 5.37. The van der Waals surface area contributed by atoms with Gasteiger partial charge >= 0.3 is 6.09 Å². The van der Waals surface area contributed by atoms with Gasteiger partial charge in [0.2, 0.25) is 11.8 Å². The molecule has 2 aliphatic heterocycles. The number of carbonyl (C=O) groups is 4. The molecule has 4 amide bonds. The molecule has 0 spiro atoms. The molecule has 2 N–H and O–H groups in total. The zero-order valence-corrected chi connectivity index (χ0v) is 28.1. The fraction of sp³-hybridized carbons (Fsp3) is 0.486. The first-order chi connectivity index (χ1) is 22.1. The summed E-state index contributed by atoms with van der Waals surface area (Å²) in [6, 6.07) is 14.3. The molecule has 0 bridgehead atoms. The van der Waals surface area contributed by atoms with Gasteiger partial charge < -0.3 is 34.6 Å². The van der Waals surface area contributed by atoms with Crippen LogP contribution in [0, 0.1) is 5.82 Å². The lowest BCUT2D eigenvalue weighted by molar-refractivity contribution is -0.147. The number of nitrogens with zero attached hydrogens (tertiary/aromatic N) is 2. The number of ether oxygens (including phenoxy) is 3. The smallest absolute Gasteiger partial charge is 0.408 e. The number of alkyl carbamates (subject to hydrolysis) is 1. The van der Waals surface area contributed by atoms with Gasteiger partial charge in [0.15, 0.2) is 0 Å². The van der Waals surface area contributed by atoms with Crippen LogP contribution in [-0.2, 0) is 41.6 Å². The van der Waals surface area contributed by atoms with E-state index in [2.05, 4.69) is 10.6 Å². The van der Waals surface area contributed by atoms with Gasteiger partial charge in [-0.3, -0.25) is 14.4 Å². The summed E-state index contributed by atoms with van der Waals surface area (Å²) in [7, 11) is 1.49. The number of rotatable bonds is 11. The number of methoxy groups -OCH3 is 1. The lowest BCUT2D eigenvalue weighted by Crippen LogP contribution is -2.67. The van der Waals surface area contributed by atoms with E-state index in [1.807, 2.05) is 30.3 Å². The predicted octanol–water partition coefficient (Wildman–Crippen LogP) is 3.72. The van der Waals surface area contributed by atoms with Crippen molar-refractivity contribution in [3.05, 3.63) is 82.9 Å². The van der Waals surface area contributed by atoms with Crippen molar-refractivity contribution < 1.29 is 37.8 Å². The zero-order valence-electron chi connectivity index (χ0n) is 28.1. The van der Waals surface area contributed by atoms with E-state index < -0.39 is 40.6 Å². The average Bonchev–Trinajstić information content (AvgIpc) is 3.20. The maximum Gasteiger partial charge on any atom is 0.408 e. The Bertz CT molecular complexity index is 1500. The van der Waals surface area contributed by atoms with Crippen LogP contribution in [0.4, 0.5) is 9.18 Å². The van der Waals surface area contributed by atoms with Gasteiger partial charge in [-0.15, -0.1) is 0 Å². The van der Waals surface area contributed by atoms with Crippen LogP contribution in [0.5, 0.6) is 0 Å². The van der Waals surface area contributed by atoms with Crippen molar-refractivity contribution in [2.24, 2.45) is 0 Å². The van der Waals surface area contributed by atoms with E-state index in [9.17, 15) is 23.6 Å². The zero-order chi connectivity index (χ0) is 34.6. The molecule has 2 aromatic carbocycles. The Morgan fingerprint density at radius 2 is 1.64 bits per heavy atom. The van der Waals surface area contributed by atoms with Crippen LogP contribution in [0.1, 0.15) is 52.7 Å². The van der Waals surface area contributed by atoms with Crippen LogP contribution in [0.15, 0.2) is 65.9 Å². The second-order valence-corrected chi connectivity index (χ2v) is 13.5. The minimum Gasteiger partial charge on any atom is -0.498 e. The van der Waals surface area contributed by atoms with Crippen LogP contribution >= 0.6 is 0 Å². The van der Waals surface area contributed by atoms with Crippen molar-refractivity contribution in [1.29, 1.82) is 0 Å². The highest BCUT2D eigenvalue weighted by molar-refractivity contribution is 5.98. The molecule has 11 nitrogen and oxygen atoms in total. The first-order valence-electron chi connectivity index (χ1n) is 15.6. The van der Waals surface area contributed by atoms with Gasteiger partial charge in [-0.05, 0) is 64.8 Å². The molecule has 2 aromatic rings. The third-order valence-electron chi connectivity index (χ3n) is 8.20. The Labute approximate surface area is 275 Å². The Balaban J connectivity index is 1.60. The first kappa shape index (κ1) is 35.4. The lowest BCUT2D eigenvalue weighted by atomic mass is 9.85. The van der Waals surface area contributed by atoms with Gasteiger partial charge in [-0.1, -0.05) is 42.5 Å². The molecule has 47 heavy (non-hydrogen) atoms. The summed E-state index contributed by atoms with van der Waals surface area (Å²) < 4.78 is 30.8. The Morgan fingerprint density at radius 3 is 2.26 bits per heavy atom. The summed E-state index contributed by atoms with van der Waals surface area (Å²) in [4.78, 5) is 57.1. The monoisotopic (exact) mass is 652 g/mol. The number of benzene rings is 2. The summed E-state index contributed by atoms with van der Waals surface area (Å²) in [6.07, 6.45) is -0.502. The molecule has 1 saturated heterocycles. The topological polar surface area (TPSA) is 127 Å². The molecule has 2 atom stereocenters. The Kier molecular flexibility index (Phi) is 10.6. The van der Waals surface area contributed by atoms with Crippen molar-refractivity contribution in [2.75, 3.05) is 33.4 Å². The standard InChI is InChI=1S/C35H45FN4O7/c1-23-28(45-7)35(19-24-13-15-26(36)16-14-24)22-39(17-18-40(35)29(23)41)30(42)27(21-46-20-25-11-9-8-10-12-25)37-31(43)34(5,6)38-32(44)47-33(2,3)4/h8-16,27H,17-22H2,1-7H3,(H,37,43)(H,38,44)/t27-,35+/m1/s1. The SMILES string of the molecule is COC1=C(C)C(=O)N2CCN(C(=O)[C@@H](COCc3ccccc3)NC(=O)C(C)(C)NC(=O)OC(C)(C)C)C[C@@]12Cc1ccc(F)cc1. The highest BCUT2D eigenvalue weighted by atomic mass is 19.1. The fourth-order valence-corrected chi connectivity index (χ4v) is 5.97. The number of carbonyl (C=O) groups excluding carboxylic acids is 4. The summed E-state index contributed by atoms with van der Waals surface area (Å²) in [6.45, 7) is 10.4. The first-order valence-corrected chi connectivity index (χ1v) is 15.6. The second kappa shape index (κ2) is 14.1. The summed E-state index contributed by atoms with van der Waals surface area (Å²) in [5.74, 6) is -1.18. The Hall–Kier alpha value is -4.45. The number of hydrogen-bond donors (Lipinski definition) is 2. The number of hydrogen-bond acceptors (Lipinski definition) is 7. The number of nitrogens with one attached hydrogen (secondary N) is 2. The van der Waals surface area contributed by atoms with E-state index in [1.165, 1.54) is 33.1 Å². The van der Waals surface area contributed by atoms with Gasteiger partial charge in [0.1, 0.15) is 34.3 Å². The third-order valence-corrected chi connectivity index (χ3v) is 8.20. The van der Waals surface area contributed by atoms with E-state index in [0.29, 0.717) is 11.3 Å². The minimum absolute atomic E-state index is 0.0695. The molecule has 2 aliphatic rings. The molecular weight excluding hydrogens is 607 g/mol. The Morgan fingerprint density at radius 1 is 0.979 bits per heavy atom. The number of halogens is 1. The minimum atomic E-state index is -1.44. The fourth-order valence-electron chi connectivity index (χ4n) is 5.97. The molecule has 0 aliphatic carbocycles. The molecule has 0 aromatic heterocycles. The van der Waals surface area contributed by atoms with Gasteiger partial charge in [0.25, 0.3) is 5.91 Å². The quantitative estimate of drug-likeness (QED) is 0.379. The maximum atomic E-state index is 14.3. The van der Waals surface area contributed by atoms with E-state index in [1.54, 1.807) is 49.6 Å². The lowest BCUT2D eigenvalue weighted by Gasteiger charge is -2.48. The summed E-state index contributed by atoms with van der Waals surface area (Å²) >= 11 is 0. The van der Waals surface area contributed by atoms with Crippen LogP contribution in [0.25, 0.3) is 0 Å². The van der Waals surface area contributed by atoms with Gasteiger partial charge in [-0.2, -0.15) is 0 Å². The second-order valence-electron chi connectivity index (χ2n) is 13.5. The van der Waals surface area contributed by atoms with Crippen molar-refractivity contribution in [3.8, 4) is 0 Å². The average molecular weight is 653 g/mol. The van der Waals surface area contributed by atoms with Crippen molar-refractivity contribution in [2.45, 2.75) is 77.3 Å². The van der Waals surface area contributed by atoms with Gasteiger partial charge in [-0.25, -0.2) is 9.18 Å². The predicted molar refractivity (Wildman–Crippen MR) is 172 cm³/mol. The van der Waals surface area contributed by atoms with E-state index >= 15 is 0 Å². The van der Waals surface area contributed by atoms with Crippen LogP contribution in [0.3, 0.4) is 0 Å². The molecule has 1 fully saturated rings. The highest BCUT2D eigenvalue weighted by Gasteiger charge is 2.55. The molecule has 0 unspecified atom stereocenters. The van der Waals surface area contributed by atoms with Crippen molar-refractivity contribution in [3.63, 3.8) is 0 Å². The van der Waals surface area contributed by atoms with Crippen molar-refractivity contribution in [1.82, 2.24) is 20.4 Å². The molecular formula is C35H45FN4O7. The number of amides is 4. The molecule has 0 saturated carbocycles. The highest BCUT2D eigenvalue weighted by Crippen LogP contribution is 2.41. The van der Waals surface area contributed by atoms with Crippen LogP contribution in [-0.4, -0.2) is 89.7 Å². The van der Waals surface area contributed by atoms with E-state index in [0.717, 1.165) is 11.1 Å². The third kappa shape index (κ3) is 8.29. The van der Waals surface area contributed by atoms with Crippen LogP contribution < -0.4 is 10.6 Å². The maximum absolute atomic E-state index is 14.3. The molecule has 2 heterocycles. The van der Waals surface area contributed by atoms with E-state index in [4.69, 9.17) is 14.2 Å². The van der Waals surface area contributed by atoms with Gasteiger partial charge in [0, 0.05) is 19.5 Å². The molecule has 4 rings (SSSR count). The summed E-state index contributed by atoms with van der Waals surface area (Å²) in [5.41, 5.74) is -1.17. The van der Waals surface area contributed by atoms with E-state index in [-0.39, 0.29) is 51.0 Å². The van der Waals surface area contributed by atoms with Gasteiger partial charge in [0.05, 0.1) is 32.4 Å². The van der Waals surface area contributed by atoms with Crippen molar-refractivity contribution >= 4 is 23.8 Å². The number of fused-ring (bicyclic) bond motifs is 1. The normalized spacial score (nSPS) is 18.9. The number of piperazine rings is 1. The molecule has 12 heteroatoms. The largest absolute Gasteiger partial charge is 0.498 e. The van der Waals surface area contributed by atoms with Crippen LogP contribution in [0.2, 0.25) is 0 Å².